The molecule has 14 aromatic rings. The minimum atomic E-state index is -0.317. The molecule has 0 unspecified atom stereocenters. The van der Waals surface area contributed by atoms with Crippen LogP contribution < -0.4 is 9.80 Å². The van der Waals surface area contributed by atoms with Crippen molar-refractivity contribution in [2.24, 2.45) is 0 Å². The summed E-state index contributed by atoms with van der Waals surface area (Å²) < 4.78 is 24.5. The van der Waals surface area contributed by atoms with Gasteiger partial charge in [-0.15, -0.1) is 0 Å². The van der Waals surface area contributed by atoms with Crippen LogP contribution in [0.1, 0.15) is 0 Å². The molecule has 0 aliphatic heterocycles. The number of furan rings is 1. The topological polar surface area (TPSA) is 19.6 Å². The Kier molecular flexibility index (Phi) is 10.4. The van der Waals surface area contributed by atoms with Crippen molar-refractivity contribution < 1.29 is 8.81 Å². The standard InChI is InChI=1S/C70H45FN2O/c71-64-44-50(46-20-5-1-6-21-46)43-62(48-24-9-3-10-25-48)69(64)73(65-33-17-15-28-54(65)47-22-7-2-8-23-47)53-38-41-57-60-39-36-49-42-52(37-40-55(49)68(60)59-31-14-13-29-56(59)63(57)45-53)72(51-26-11-4-12-27-51)66-34-19-32-61-58-30-16-18-35-67(58)74-70(61)66/h1-45H. The molecule has 0 saturated heterocycles. The predicted molar refractivity (Wildman–Crippen MR) is 309 cm³/mol. The summed E-state index contributed by atoms with van der Waals surface area (Å²) in [7, 11) is 0. The first-order chi connectivity index (χ1) is 36.6. The first-order valence-corrected chi connectivity index (χ1v) is 25.1. The van der Waals surface area contributed by atoms with E-state index in [2.05, 4.69) is 204 Å². The lowest BCUT2D eigenvalue weighted by Crippen LogP contribution is -2.14. The number of nitrogens with zero attached hydrogens (tertiary/aromatic N) is 2. The molecule has 0 amide bonds. The zero-order valence-corrected chi connectivity index (χ0v) is 40.2. The van der Waals surface area contributed by atoms with Crippen LogP contribution in [-0.4, -0.2) is 0 Å². The van der Waals surface area contributed by atoms with E-state index < -0.39 is 0 Å². The molecule has 0 aliphatic carbocycles. The van der Waals surface area contributed by atoms with Gasteiger partial charge < -0.3 is 14.2 Å². The predicted octanol–water partition coefficient (Wildman–Crippen LogP) is 20.3. The van der Waals surface area contributed by atoms with E-state index in [0.29, 0.717) is 5.69 Å². The average Bonchev–Trinajstić information content (AvgIpc) is 3.89. The second-order valence-electron chi connectivity index (χ2n) is 18.9. The molecule has 13 aromatic carbocycles. The van der Waals surface area contributed by atoms with Gasteiger partial charge in [0.15, 0.2) is 5.58 Å². The monoisotopic (exact) mass is 948 g/mol. The van der Waals surface area contributed by atoms with Crippen LogP contribution in [0.15, 0.2) is 277 Å². The number of rotatable bonds is 9. The van der Waals surface area contributed by atoms with E-state index >= 15 is 4.39 Å². The Balaban J connectivity index is 0.984. The van der Waals surface area contributed by atoms with Gasteiger partial charge in [-0.05, 0) is 132 Å². The van der Waals surface area contributed by atoms with Crippen molar-refractivity contribution >= 4 is 99.2 Å². The molecule has 0 spiro atoms. The summed E-state index contributed by atoms with van der Waals surface area (Å²) in [6.45, 7) is 0. The Bertz CT molecular complexity index is 4420. The van der Waals surface area contributed by atoms with Crippen molar-refractivity contribution in [1.29, 1.82) is 0 Å². The SMILES string of the molecule is Fc1cc(-c2ccccc2)cc(-c2ccccc2)c1N(c1ccc2c(c1)c1ccccc1c1c3ccc(N(c4ccccc4)c4cccc5c4oc4ccccc45)cc3ccc21)c1ccccc1-c1ccccc1. The molecule has 348 valence electrons. The summed E-state index contributed by atoms with van der Waals surface area (Å²) in [5.74, 6) is -0.317. The molecular formula is C70H45FN2O. The van der Waals surface area contributed by atoms with Crippen molar-refractivity contribution in [3.8, 4) is 33.4 Å². The Morgan fingerprint density at radius 2 is 0.838 bits per heavy atom. The van der Waals surface area contributed by atoms with E-state index in [-0.39, 0.29) is 5.82 Å². The van der Waals surface area contributed by atoms with Crippen molar-refractivity contribution in [2.75, 3.05) is 9.80 Å². The normalized spacial score (nSPS) is 11.6. The zero-order chi connectivity index (χ0) is 49.1. The van der Waals surface area contributed by atoms with Crippen molar-refractivity contribution in [2.45, 2.75) is 0 Å². The number of hydrogen-bond donors (Lipinski definition) is 0. The van der Waals surface area contributed by atoms with Crippen molar-refractivity contribution in [1.82, 2.24) is 0 Å². The average molecular weight is 949 g/mol. The Morgan fingerprint density at radius 1 is 0.297 bits per heavy atom. The van der Waals surface area contributed by atoms with Gasteiger partial charge in [0.1, 0.15) is 11.4 Å². The maximum atomic E-state index is 17.9. The summed E-state index contributed by atoms with van der Waals surface area (Å²) in [5.41, 5.74) is 12.5. The van der Waals surface area contributed by atoms with Gasteiger partial charge >= 0.3 is 0 Å². The molecule has 4 heteroatoms. The highest BCUT2D eigenvalue weighted by Gasteiger charge is 2.27. The smallest absolute Gasteiger partial charge is 0.159 e. The summed E-state index contributed by atoms with van der Waals surface area (Å²) in [4.78, 5) is 4.44. The quantitative estimate of drug-likeness (QED) is 0.134. The molecule has 0 N–H and O–H groups in total. The minimum Gasteiger partial charge on any atom is -0.454 e. The van der Waals surface area contributed by atoms with E-state index in [1.807, 2.05) is 72.8 Å². The van der Waals surface area contributed by atoms with Crippen LogP contribution in [0.25, 0.3) is 98.4 Å². The first-order valence-electron chi connectivity index (χ1n) is 25.1. The van der Waals surface area contributed by atoms with Gasteiger partial charge in [-0.3, -0.25) is 0 Å². The lowest BCUT2D eigenvalue weighted by atomic mass is 9.90. The number of para-hydroxylation sites is 4. The second kappa shape index (κ2) is 17.8. The van der Waals surface area contributed by atoms with Crippen LogP contribution in [0, 0.1) is 5.82 Å². The molecule has 0 fully saturated rings. The van der Waals surface area contributed by atoms with Crippen molar-refractivity contribution in [3.63, 3.8) is 0 Å². The summed E-state index contributed by atoms with van der Waals surface area (Å²) in [6, 6.07) is 94.8. The van der Waals surface area contributed by atoms with E-state index in [1.165, 1.54) is 5.39 Å². The fourth-order valence-corrected chi connectivity index (χ4v) is 11.3. The molecule has 3 nitrogen and oxygen atoms in total. The van der Waals surface area contributed by atoms with Crippen LogP contribution in [-0.2, 0) is 0 Å². The van der Waals surface area contributed by atoms with Gasteiger partial charge in [0.25, 0.3) is 0 Å². The number of anilines is 6. The number of benzene rings is 13. The largest absolute Gasteiger partial charge is 0.454 e. The van der Waals surface area contributed by atoms with Gasteiger partial charge in [0.2, 0.25) is 0 Å². The highest BCUT2D eigenvalue weighted by Crippen LogP contribution is 2.50. The summed E-state index contributed by atoms with van der Waals surface area (Å²) in [6.07, 6.45) is 0. The molecule has 1 heterocycles. The number of fused-ring (bicyclic) bond motifs is 11. The van der Waals surface area contributed by atoms with Gasteiger partial charge in [-0.2, -0.15) is 0 Å². The lowest BCUT2D eigenvalue weighted by Gasteiger charge is -2.31. The Morgan fingerprint density at radius 3 is 1.59 bits per heavy atom. The maximum Gasteiger partial charge on any atom is 0.159 e. The first kappa shape index (κ1) is 43.1. The molecule has 14 rings (SSSR count). The lowest BCUT2D eigenvalue weighted by molar-refractivity contribution is 0.630. The maximum absolute atomic E-state index is 17.9. The van der Waals surface area contributed by atoms with Crippen LogP contribution in [0.4, 0.5) is 38.5 Å². The fraction of sp³-hybridized carbons (Fsp3) is 0. The highest BCUT2D eigenvalue weighted by atomic mass is 19.1. The summed E-state index contributed by atoms with van der Waals surface area (Å²) in [5, 5.41) is 11.3. The Labute approximate surface area is 427 Å². The van der Waals surface area contributed by atoms with E-state index in [1.54, 1.807) is 6.07 Å². The van der Waals surface area contributed by atoms with Crippen LogP contribution >= 0.6 is 0 Å². The van der Waals surface area contributed by atoms with Crippen LogP contribution in [0.3, 0.4) is 0 Å². The third-order valence-electron chi connectivity index (χ3n) is 14.6. The fourth-order valence-electron chi connectivity index (χ4n) is 11.3. The van der Waals surface area contributed by atoms with Gasteiger partial charge in [0.05, 0.1) is 17.1 Å². The highest BCUT2D eigenvalue weighted by molar-refractivity contribution is 6.32. The van der Waals surface area contributed by atoms with E-state index in [0.717, 1.165) is 121 Å². The van der Waals surface area contributed by atoms with E-state index in [4.69, 9.17) is 4.42 Å². The molecule has 0 bridgehead atoms. The molecule has 1 aromatic heterocycles. The van der Waals surface area contributed by atoms with Gasteiger partial charge in [-0.25, -0.2) is 4.39 Å². The number of hydrogen-bond acceptors (Lipinski definition) is 3. The van der Waals surface area contributed by atoms with Crippen LogP contribution in [0.5, 0.6) is 0 Å². The summed E-state index contributed by atoms with van der Waals surface area (Å²) >= 11 is 0. The van der Waals surface area contributed by atoms with Crippen molar-refractivity contribution in [3.05, 3.63) is 279 Å². The molecule has 0 aliphatic rings. The van der Waals surface area contributed by atoms with Crippen LogP contribution in [0.2, 0.25) is 0 Å². The molecule has 0 saturated carbocycles. The Hall–Kier alpha value is -9.77. The molecule has 0 atom stereocenters. The van der Waals surface area contributed by atoms with E-state index in [9.17, 15) is 0 Å². The zero-order valence-electron chi connectivity index (χ0n) is 40.2. The molecular weight excluding hydrogens is 904 g/mol. The number of halogens is 1. The third kappa shape index (κ3) is 7.18. The molecule has 0 radical (unpaired) electrons. The van der Waals surface area contributed by atoms with Gasteiger partial charge in [-0.1, -0.05) is 206 Å². The van der Waals surface area contributed by atoms with Gasteiger partial charge in [0, 0.05) is 39.0 Å². The second-order valence-corrected chi connectivity index (χ2v) is 18.9. The molecule has 74 heavy (non-hydrogen) atoms. The minimum absolute atomic E-state index is 0.317. The third-order valence-corrected chi connectivity index (χ3v) is 14.6.